The Labute approximate surface area is 104 Å². The van der Waals surface area contributed by atoms with Crippen LogP contribution in [0.25, 0.3) is 0 Å². The van der Waals surface area contributed by atoms with E-state index in [9.17, 15) is 9.18 Å². The van der Waals surface area contributed by atoms with E-state index in [-0.39, 0.29) is 24.0 Å². The number of nitrogens with two attached hydrogens (primary N) is 1. The normalized spacial score (nSPS) is 12.2. The number of rotatable bonds is 6. The number of hydrogen-bond acceptors (Lipinski definition) is 5. The van der Waals surface area contributed by atoms with Gasteiger partial charge < -0.3 is 20.5 Å². The van der Waals surface area contributed by atoms with Gasteiger partial charge in [-0.3, -0.25) is 4.79 Å². The molecule has 1 aromatic heterocycles. The number of halogens is 1. The number of pyridine rings is 1. The smallest absolute Gasteiger partial charge is 0.255 e. The lowest BCUT2D eigenvalue weighted by Crippen LogP contribution is -2.36. The van der Waals surface area contributed by atoms with Gasteiger partial charge in [-0.15, -0.1) is 0 Å². The van der Waals surface area contributed by atoms with Crippen LogP contribution in [0.2, 0.25) is 0 Å². The molecule has 7 heteroatoms. The summed E-state index contributed by atoms with van der Waals surface area (Å²) in [5, 5.41) is 2.57. The number of carbonyl (C=O) groups is 1. The number of nitrogen functional groups attached to an aromatic ring is 1. The summed E-state index contributed by atoms with van der Waals surface area (Å²) in [6, 6.07) is 1.04. The second-order valence-electron chi connectivity index (χ2n) is 3.61. The van der Waals surface area contributed by atoms with Gasteiger partial charge in [0.25, 0.3) is 5.91 Å². The van der Waals surface area contributed by atoms with E-state index >= 15 is 0 Å². The third-order valence-corrected chi connectivity index (χ3v) is 2.31. The molecule has 3 N–H and O–H groups in total. The molecule has 1 amide bonds. The predicted molar refractivity (Wildman–Crippen MR) is 63.6 cm³/mol. The van der Waals surface area contributed by atoms with E-state index in [0.29, 0.717) is 6.61 Å². The van der Waals surface area contributed by atoms with Crippen molar-refractivity contribution < 1.29 is 18.7 Å². The lowest BCUT2D eigenvalue weighted by molar-refractivity contribution is 0.0285. The summed E-state index contributed by atoms with van der Waals surface area (Å²) in [5.41, 5.74) is 5.50. The molecule has 1 unspecified atom stereocenters. The Bertz CT molecular complexity index is 415. The molecule has 1 rings (SSSR count). The summed E-state index contributed by atoms with van der Waals surface area (Å²) in [4.78, 5) is 15.3. The number of carbonyl (C=O) groups excluding carboxylic acids is 1. The highest BCUT2D eigenvalue weighted by molar-refractivity contribution is 5.98. The van der Waals surface area contributed by atoms with Gasteiger partial charge in [-0.2, -0.15) is 0 Å². The fourth-order valence-electron chi connectivity index (χ4n) is 1.33. The van der Waals surface area contributed by atoms with E-state index in [1.54, 1.807) is 0 Å². The van der Waals surface area contributed by atoms with Crippen molar-refractivity contribution in [1.29, 1.82) is 0 Å². The third kappa shape index (κ3) is 3.94. The molecular formula is C11H16FN3O3. The van der Waals surface area contributed by atoms with Crippen LogP contribution in [0, 0.1) is 5.82 Å². The maximum absolute atomic E-state index is 13.0. The van der Waals surface area contributed by atoms with Crippen molar-refractivity contribution >= 4 is 11.7 Å². The second kappa shape index (κ2) is 6.87. The first kappa shape index (κ1) is 14.3. The van der Waals surface area contributed by atoms with Crippen LogP contribution in [-0.2, 0) is 9.47 Å². The molecule has 0 bridgehead atoms. The Hall–Kier alpha value is -1.73. The van der Waals surface area contributed by atoms with E-state index in [1.807, 2.05) is 0 Å². The maximum atomic E-state index is 13.0. The Balaban J connectivity index is 2.62. The minimum Gasteiger partial charge on any atom is -0.383 e. The van der Waals surface area contributed by atoms with Crippen LogP contribution in [0.3, 0.4) is 0 Å². The summed E-state index contributed by atoms with van der Waals surface area (Å²) < 4.78 is 22.9. The second-order valence-corrected chi connectivity index (χ2v) is 3.61. The lowest BCUT2D eigenvalue weighted by atomic mass is 10.2. The molecule has 0 saturated carbocycles. The van der Waals surface area contributed by atoms with Gasteiger partial charge in [0.2, 0.25) is 0 Å². The van der Waals surface area contributed by atoms with E-state index in [4.69, 9.17) is 15.2 Å². The summed E-state index contributed by atoms with van der Waals surface area (Å²) >= 11 is 0. The van der Waals surface area contributed by atoms with Crippen molar-refractivity contribution in [3.63, 3.8) is 0 Å². The van der Waals surface area contributed by atoms with Crippen LogP contribution in [-0.4, -0.2) is 44.4 Å². The van der Waals surface area contributed by atoms with Gasteiger partial charge in [0.1, 0.15) is 11.6 Å². The summed E-state index contributed by atoms with van der Waals surface area (Å²) in [7, 11) is 3.04. The first-order valence-corrected chi connectivity index (χ1v) is 5.29. The SMILES string of the molecule is COCC(CNC(=O)c1cc(F)cnc1N)OC. The van der Waals surface area contributed by atoms with Gasteiger partial charge in [-0.05, 0) is 6.07 Å². The van der Waals surface area contributed by atoms with Crippen LogP contribution in [0.1, 0.15) is 10.4 Å². The highest BCUT2D eigenvalue weighted by Gasteiger charge is 2.14. The minimum atomic E-state index is -0.616. The van der Waals surface area contributed by atoms with Gasteiger partial charge >= 0.3 is 0 Å². The number of anilines is 1. The van der Waals surface area contributed by atoms with Gasteiger partial charge in [-0.1, -0.05) is 0 Å². The standard InChI is InChI=1S/C11H16FN3O3/c1-17-6-8(18-2)5-15-11(16)9-3-7(12)4-14-10(9)13/h3-4,8H,5-6H2,1-2H3,(H2,13,14)(H,15,16). The largest absolute Gasteiger partial charge is 0.383 e. The van der Waals surface area contributed by atoms with Crippen molar-refractivity contribution in [1.82, 2.24) is 10.3 Å². The summed E-state index contributed by atoms with van der Waals surface area (Å²) in [5.74, 6) is -1.14. The fraction of sp³-hybridized carbons (Fsp3) is 0.455. The van der Waals surface area contributed by atoms with E-state index in [1.165, 1.54) is 14.2 Å². The average Bonchev–Trinajstić information content (AvgIpc) is 2.37. The van der Waals surface area contributed by atoms with Crippen molar-refractivity contribution in [2.75, 3.05) is 33.1 Å². The van der Waals surface area contributed by atoms with Crippen LogP contribution in [0.5, 0.6) is 0 Å². The van der Waals surface area contributed by atoms with Gasteiger partial charge in [-0.25, -0.2) is 9.37 Å². The molecule has 0 aromatic carbocycles. The highest BCUT2D eigenvalue weighted by Crippen LogP contribution is 2.09. The number of hydrogen-bond donors (Lipinski definition) is 2. The van der Waals surface area contributed by atoms with Gasteiger partial charge in [0.15, 0.2) is 0 Å². The average molecular weight is 257 g/mol. The van der Waals surface area contributed by atoms with E-state index < -0.39 is 11.7 Å². The van der Waals surface area contributed by atoms with Crippen LogP contribution in [0.15, 0.2) is 12.3 Å². The number of amides is 1. The molecule has 18 heavy (non-hydrogen) atoms. The molecule has 0 radical (unpaired) electrons. The molecule has 100 valence electrons. The number of aromatic nitrogens is 1. The first-order chi connectivity index (χ1) is 8.58. The van der Waals surface area contributed by atoms with Gasteiger partial charge in [0.05, 0.1) is 24.5 Å². The molecule has 1 aromatic rings. The molecule has 1 heterocycles. The zero-order chi connectivity index (χ0) is 13.5. The molecule has 1 atom stereocenters. The van der Waals surface area contributed by atoms with E-state index in [0.717, 1.165) is 12.3 Å². The Morgan fingerprint density at radius 3 is 2.94 bits per heavy atom. The van der Waals surface area contributed by atoms with Crippen LogP contribution < -0.4 is 11.1 Å². The Morgan fingerprint density at radius 2 is 2.33 bits per heavy atom. The molecule has 0 fully saturated rings. The van der Waals surface area contributed by atoms with Crippen molar-refractivity contribution in [2.24, 2.45) is 0 Å². The van der Waals surface area contributed by atoms with Crippen LogP contribution >= 0.6 is 0 Å². The molecule has 0 saturated heterocycles. The Morgan fingerprint density at radius 1 is 1.61 bits per heavy atom. The lowest BCUT2D eigenvalue weighted by Gasteiger charge is -2.15. The molecule has 0 aliphatic carbocycles. The highest BCUT2D eigenvalue weighted by atomic mass is 19.1. The zero-order valence-electron chi connectivity index (χ0n) is 10.3. The quantitative estimate of drug-likeness (QED) is 0.760. The molecular weight excluding hydrogens is 241 g/mol. The third-order valence-electron chi connectivity index (χ3n) is 2.31. The summed E-state index contributed by atoms with van der Waals surface area (Å²) in [6.07, 6.45) is 0.677. The molecule has 0 aliphatic rings. The summed E-state index contributed by atoms with van der Waals surface area (Å²) in [6.45, 7) is 0.576. The predicted octanol–water partition coefficient (Wildman–Crippen LogP) is 0.194. The first-order valence-electron chi connectivity index (χ1n) is 5.29. The molecule has 6 nitrogen and oxygen atoms in total. The number of nitrogens with one attached hydrogen (secondary N) is 1. The minimum absolute atomic E-state index is 0.00210. The van der Waals surface area contributed by atoms with Crippen molar-refractivity contribution in [3.8, 4) is 0 Å². The van der Waals surface area contributed by atoms with E-state index in [2.05, 4.69) is 10.3 Å². The zero-order valence-corrected chi connectivity index (χ0v) is 10.3. The number of ether oxygens (including phenoxy) is 2. The maximum Gasteiger partial charge on any atom is 0.255 e. The van der Waals surface area contributed by atoms with Crippen molar-refractivity contribution in [2.45, 2.75) is 6.10 Å². The van der Waals surface area contributed by atoms with Crippen LogP contribution in [0.4, 0.5) is 10.2 Å². The Kier molecular flexibility index (Phi) is 5.47. The molecule has 0 spiro atoms. The van der Waals surface area contributed by atoms with Crippen molar-refractivity contribution in [3.05, 3.63) is 23.6 Å². The fourth-order valence-corrected chi connectivity index (χ4v) is 1.33. The molecule has 0 aliphatic heterocycles. The topological polar surface area (TPSA) is 86.5 Å². The van der Waals surface area contributed by atoms with Gasteiger partial charge in [0, 0.05) is 20.8 Å². The number of methoxy groups -OCH3 is 2. The number of nitrogens with zero attached hydrogens (tertiary/aromatic N) is 1. The monoisotopic (exact) mass is 257 g/mol.